The number of carbonyl (C=O) groups is 1. The van der Waals surface area contributed by atoms with Gasteiger partial charge in [-0.3, -0.25) is 4.79 Å². The predicted octanol–water partition coefficient (Wildman–Crippen LogP) is 2.09. The number of amides is 1. The third kappa shape index (κ3) is 3.51. The van der Waals surface area contributed by atoms with Crippen molar-refractivity contribution in [2.75, 3.05) is 19.7 Å². The van der Waals surface area contributed by atoms with Crippen LogP contribution in [0.4, 0.5) is 0 Å². The minimum atomic E-state index is -0.384. The Kier molecular flexibility index (Phi) is 4.65. The zero-order valence-corrected chi connectivity index (χ0v) is 12.4. The van der Waals surface area contributed by atoms with Gasteiger partial charge >= 0.3 is 0 Å². The molecule has 4 nitrogen and oxygen atoms in total. The molecule has 0 saturated carbocycles. The van der Waals surface area contributed by atoms with E-state index in [1.165, 1.54) is 5.56 Å². The van der Waals surface area contributed by atoms with Crippen LogP contribution < -0.4 is 4.74 Å². The van der Waals surface area contributed by atoms with E-state index in [-0.39, 0.29) is 18.6 Å². The molecule has 1 aromatic rings. The number of hydrogen-bond donors (Lipinski definition) is 1. The van der Waals surface area contributed by atoms with Crippen molar-refractivity contribution in [2.24, 2.45) is 0 Å². The highest BCUT2D eigenvalue weighted by Crippen LogP contribution is 2.24. The topological polar surface area (TPSA) is 49.8 Å². The Labute approximate surface area is 120 Å². The van der Waals surface area contributed by atoms with E-state index in [0.717, 1.165) is 11.3 Å². The van der Waals surface area contributed by atoms with Gasteiger partial charge in [-0.15, -0.1) is 0 Å². The molecule has 1 saturated heterocycles. The number of aliphatic hydroxyl groups is 1. The summed E-state index contributed by atoms with van der Waals surface area (Å²) >= 11 is 0. The number of rotatable bonds is 4. The summed E-state index contributed by atoms with van der Waals surface area (Å²) in [5.74, 6) is 1.14. The molecule has 20 heavy (non-hydrogen) atoms. The first-order valence-electron chi connectivity index (χ1n) is 7.16. The van der Waals surface area contributed by atoms with Gasteiger partial charge in [0.05, 0.1) is 6.10 Å². The summed E-state index contributed by atoms with van der Waals surface area (Å²) in [5, 5.41) is 9.44. The zero-order chi connectivity index (χ0) is 14.7. The lowest BCUT2D eigenvalue weighted by atomic mass is 10.0. The molecule has 1 atom stereocenters. The van der Waals surface area contributed by atoms with Crippen molar-refractivity contribution >= 4 is 5.91 Å². The molecular formula is C16H23NO3. The summed E-state index contributed by atoms with van der Waals surface area (Å²) in [6, 6.07) is 6.12. The monoisotopic (exact) mass is 277 g/mol. The molecule has 110 valence electrons. The van der Waals surface area contributed by atoms with Crippen LogP contribution in [0, 0.1) is 6.92 Å². The number of hydrogen-bond acceptors (Lipinski definition) is 3. The van der Waals surface area contributed by atoms with Gasteiger partial charge in [-0.1, -0.05) is 26.0 Å². The zero-order valence-electron chi connectivity index (χ0n) is 12.4. The van der Waals surface area contributed by atoms with Gasteiger partial charge in [-0.2, -0.15) is 0 Å². The summed E-state index contributed by atoms with van der Waals surface area (Å²) < 4.78 is 5.66. The molecule has 1 aliphatic rings. The number of nitrogens with zero attached hydrogens (tertiary/aromatic N) is 1. The molecule has 0 aromatic heterocycles. The predicted molar refractivity (Wildman–Crippen MR) is 78.0 cm³/mol. The smallest absolute Gasteiger partial charge is 0.260 e. The third-order valence-electron chi connectivity index (χ3n) is 3.75. The maximum Gasteiger partial charge on any atom is 0.260 e. The minimum absolute atomic E-state index is 0.0368. The van der Waals surface area contributed by atoms with Crippen molar-refractivity contribution in [1.82, 2.24) is 4.90 Å². The lowest BCUT2D eigenvalue weighted by Crippen LogP contribution is -2.33. The number of aryl methyl sites for hydroxylation is 1. The van der Waals surface area contributed by atoms with E-state index in [0.29, 0.717) is 25.4 Å². The van der Waals surface area contributed by atoms with Crippen LogP contribution in [0.1, 0.15) is 37.3 Å². The van der Waals surface area contributed by atoms with E-state index in [1.54, 1.807) is 4.90 Å². The van der Waals surface area contributed by atoms with Crippen molar-refractivity contribution in [2.45, 2.75) is 39.2 Å². The fourth-order valence-electron chi connectivity index (χ4n) is 2.33. The quantitative estimate of drug-likeness (QED) is 0.917. The highest BCUT2D eigenvalue weighted by atomic mass is 16.5. The molecule has 2 rings (SSSR count). The summed E-state index contributed by atoms with van der Waals surface area (Å²) in [7, 11) is 0. The molecule has 0 spiro atoms. The molecule has 1 N–H and O–H groups in total. The van der Waals surface area contributed by atoms with E-state index >= 15 is 0 Å². The van der Waals surface area contributed by atoms with Gasteiger partial charge in [-0.25, -0.2) is 0 Å². The fraction of sp³-hybridized carbons (Fsp3) is 0.562. The largest absolute Gasteiger partial charge is 0.483 e. The van der Waals surface area contributed by atoms with Crippen LogP contribution in [0.5, 0.6) is 5.75 Å². The highest BCUT2D eigenvalue weighted by Gasteiger charge is 2.24. The lowest BCUT2D eigenvalue weighted by molar-refractivity contribution is -0.132. The van der Waals surface area contributed by atoms with E-state index < -0.39 is 0 Å². The number of benzene rings is 1. The molecule has 0 radical (unpaired) electrons. The lowest BCUT2D eigenvalue weighted by Gasteiger charge is -2.17. The van der Waals surface area contributed by atoms with Crippen LogP contribution >= 0.6 is 0 Å². The van der Waals surface area contributed by atoms with Crippen molar-refractivity contribution in [1.29, 1.82) is 0 Å². The molecule has 1 amide bonds. The molecule has 0 unspecified atom stereocenters. The Bertz CT molecular complexity index is 485. The number of aliphatic hydroxyl groups excluding tert-OH is 1. The van der Waals surface area contributed by atoms with Crippen LogP contribution in [-0.4, -0.2) is 41.7 Å². The normalized spacial score (nSPS) is 18.6. The van der Waals surface area contributed by atoms with Crippen molar-refractivity contribution < 1.29 is 14.6 Å². The number of β-amino-alcohol motifs (C(OH)–C–C–N with tert-alkyl or cyclic N) is 1. The molecule has 0 bridgehead atoms. The first kappa shape index (κ1) is 14.9. The second kappa shape index (κ2) is 6.27. The van der Waals surface area contributed by atoms with Crippen LogP contribution in [0.25, 0.3) is 0 Å². The van der Waals surface area contributed by atoms with Gasteiger partial charge in [0.2, 0.25) is 0 Å². The molecule has 1 fully saturated rings. The molecule has 4 heteroatoms. The van der Waals surface area contributed by atoms with Crippen LogP contribution in [-0.2, 0) is 4.79 Å². The van der Waals surface area contributed by atoms with Gasteiger partial charge in [0.25, 0.3) is 5.91 Å². The maximum absolute atomic E-state index is 12.0. The Hall–Kier alpha value is -1.55. The molecule has 0 aliphatic carbocycles. The van der Waals surface area contributed by atoms with E-state index in [4.69, 9.17) is 4.74 Å². The summed E-state index contributed by atoms with van der Waals surface area (Å²) in [6.07, 6.45) is 0.276. The van der Waals surface area contributed by atoms with Gasteiger partial charge < -0.3 is 14.7 Å². The average molecular weight is 277 g/mol. The summed E-state index contributed by atoms with van der Waals surface area (Å²) in [4.78, 5) is 13.6. The van der Waals surface area contributed by atoms with Crippen molar-refractivity contribution in [3.63, 3.8) is 0 Å². The van der Waals surface area contributed by atoms with Crippen molar-refractivity contribution in [3.05, 3.63) is 29.3 Å². The third-order valence-corrected chi connectivity index (χ3v) is 3.75. The van der Waals surface area contributed by atoms with Crippen LogP contribution in [0.2, 0.25) is 0 Å². The fourth-order valence-corrected chi connectivity index (χ4v) is 2.33. The summed E-state index contributed by atoms with van der Waals surface area (Å²) in [6.45, 7) is 7.32. The van der Waals surface area contributed by atoms with Crippen molar-refractivity contribution in [3.8, 4) is 5.75 Å². The first-order valence-corrected chi connectivity index (χ1v) is 7.16. The van der Waals surface area contributed by atoms with Crippen LogP contribution in [0.3, 0.4) is 0 Å². The minimum Gasteiger partial charge on any atom is -0.483 e. The second-order valence-electron chi connectivity index (χ2n) is 5.75. The molecule has 1 aliphatic heterocycles. The Morgan fingerprint density at radius 2 is 2.25 bits per heavy atom. The van der Waals surface area contributed by atoms with Gasteiger partial charge in [0.15, 0.2) is 6.61 Å². The Morgan fingerprint density at radius 3 is 2.85 bits per heavy atom. The summed E-state index contributed by atoms with van der Waals surface area (Å²) in [5.41, 5.74) is 2.23. The molecule has 1 heterocycles. The number of carbonyl (C=O) groups excluding carboxylic acids is 1. The number of likely N-dealkylation sites (tertiary alicyclic amines) is 1. The van der Waals surface area contributed by atoms with Crippen LogP contribution in [0.15, 0.2) is 18.2 Å². The van der Waals surface area contributed by atoms with E-state index in [2.05, 4.69) is 19.9 Å². The maximum atomic E-state index is 12.0. The number of ether oxygens (including phenoxy) is 1. The van der Waals surface area contributed by atoms with E-state index in [1.807, 2.05) is 19.1 Å². The Balaban J connectivity index is 1.96. The van der Waals surface area contributed by atoms with Gasteiger partial charge in [0, 0.05) is 13.1 Å². The first-order chi connectivity index (χ1) is 9.47. The average Bonchev–Trinajstić information content (AvgIpc) is 2.84. The van der Waals surface area contributed by atoms with E-state index in [9.17, 15) is 9.90 Å². The van der Waals surface area contributed by atoms with Gasteiger partial charge in [0.1, 0.15) is 5.75 Å². The SMILES string of the molecule is Cc1ccc(C(C)C)cc1OCC(=O)N1CC[C@H](O)C1. The Morgan fingerprint density at radius 1 is 1.50 bits per heavy atom. The second-order valence-corrected chi connectivity index (χ2v) is 5.75. The standard InChI is InChI=1S/C16H23NO3/c1-11(2)13-5-4-12(3)15(8-13)20-10-16(19)17-7-6-14(18)9-17/h4-5,8,11,14,18H,6-7,9-10H2,1-3H3/t14-/m0/s1. The van der Waals surface area contributed by atoms with Gasteiger partial charge in [-0.05, 0) is 36.5 Å². The molecular weight excluding hydrogens is 254 g/mol. The highest BCUT2D eigenvalue weighted by molar-refractivity contribution is 5.78. The molecule has 1 aromatic carbocycles.